The summed E-state index contributed by atoms with van der Waals surface area (Å²) in [5.74, 6) is 1.67. The number of hydrogen-bond acceptors (Lipinski definition) is 4. The van der Waals surface area contributed by atoms with E-state index in [1.165, 1.54) is 12.8 Å². The zero-order chi connectivity index (χ0) is 19.3. The third-order valence-corrected chi connectivity index (χ3v) is 4.16. The molecule has 2 aromatic carbocycles. The predicted molar refractivity (Wildman–Crippen MR) is 108 cm³/mol. The van der Waals surface area contributed by atoms with Gasteiger partial charge in [-0.2, -0.15) is 0 Å². The molecule has 0 spiro atoms. The summed E-state index contributed by atoms with van der Waals surface area (Å²) in [6, 6.07) is 14.2. The van der Waals surface area contributed by atoms with Gasteiger partial charge in [0.2, 0.25) is 0 Å². The molecule has 4 heteroatoms. The Hall–Kier alpha value is -2.49. The SMILES string of the molecule is CCCCCOc1ccc(OC(=O)c2ccc(OCCCCC)cc2)cc1. The van der Waals surface area contributed by atoms with Gasteiger partial charge in [-0.05, 0) is 61.4 Å². The molecular weight excluding hydrogens is 340 g/mol. The van der Waals surface area contributed by atoms with E-state index < -0.39 is 0 Å². The third kappa shape index (κ3) is 7.73. The van der Waals surface area contributed by atoms with Gasteiger partial charge >= 0.3 is 5.97 Å². The zero-order valence-electron chi connectivity index (χ0n) is 16.4. The monoisotopic (exact) mass is 370 g/mol. The number of unbranched alkanes of at least 4 members (excludes halogenated alkanes) is 4. The summed E-state index contributed by atoms with van der Waals surface area (Å²) >= 11 is 0. The Morgan fingerprint density at radius 3 is 1.59 bits per heavy atom. The largest absolute Gasteiger partial charge is 0.494 e. The van der Waals surface area contributed by atoms with Crippen molar-refractivity contribution in [1.82, 2.24) is 0 Å². The van der Waals surface area contributed by atoms with Crippen LogP contribution in [0.15, 0.2) is 48.5 Å². The molecule has 27 heavy (non-hydrogen) atoms. The van der Waals surface area contributed by atoms with Crippen LogP contribution >= 0.6 is 0 Å². The lowest BCUT2D eigenvalue weighted by Gasteiger charge is -2.09. The van der Waals surface area contributed by atoms with Gasteiger partial charge in [0.15, 0.2) is 0 Å². The van der Waals surface area contributed by atoms with E-state index in [0.717, 1.165) is 37.2 Å². The molecule has 146 valence electrons. The molecule has 2 rings (SSSR count). The van der Waals surface area contributed by atoms with Gasteiger partial charge in [0.05, 0.1) is 18.8 Å². The third-order valence-electron chi connectivity index (χ3n) is 4.16. The molecule has 2 aromatic rings. The predicted octanol–water partition coefficient (Wildman–Crippen LogP) is 6.04. The topological polar surface area (TPSA) is 44.8 Å². The second kappa shape index (κ2) is 12.0. The van der Waals surface area contributed by atoms with Crippen molar-refractivity contribution in [1.29, 1.82) is 0 Å². The van der Waals surface area contributed by atoms with Crippen LogP contribution in [0.1, 0.15) is 62.7 Å². The molecule has 0 heterocycles. The van der Waals surface area contributed by atoms with E-state index in [0.29, 0.717) is 24.5 Å². The van der Waals surface area contributed by atoms with Crippen LogP contribution in [0.3, 0.4) is 0 Å². The van der Waals surface area contributed by atoms with Gasteiger partial charge in [0.25, 0.3) is 0 Å². The summed E-state index contributed by atoms with van der Waals surface area (Å²) < 4.78 is 16.7. The molecular formula is C23H30O4. The van der Waals surface area contributed by atoms with E-state index in [2.05, 4.69) is 13.8 Å². The minimum absolute atomic E-state index is 0.385. The number of esters is 1. The van der Waals surface area contributed by atoms with Crippen LogP contribution in [0.4, 0.5) is 0 Å². The molecule has 0 atom stereocenters. The van der Waals surface area contributed by atoms with Gasteiger partial charge in [-0.1, -0.05) is 39.5 Å². The first kappa shape index (κ1) is 20.8. The van der Waals surface area contributed by atoms with Crippen LogP contribution in [0.2, 0.25) is 0 Å². The Balaban J connectivity index is 1.80. The van der Waals surface area contributed by atoms with Gasteiger partial charge in [-0.25, -0.2) is 4.79 Å². The Morgan fingerprint density at radius 1 is 0.667 bits per heavy atom. The smallest absolute Gasteiger partial charge is 0.343 e. The minimum Gasteiger partial charge on any atom is -0.494 e. The highest BCUT2D eigenvalue weighted by molar-refractivity contribution is 5.91. The number of benzene rings is 2. The Labute approximate surface area is 162 Å². The maximum atomic E-state index is 12.3. The fourth-order valence-electron chi connectivity index (χ4n) is 2.54. The lowest BCUT2D eigenvalue weighted by atomic mass is 10.2. The highest BCUT2D eigenvalue weighted by Crippen LogP contribution is 2.20. The molecule has 0 aliphatic carbocycles. The van der Waals surface area contributed by atoms with Crippen molar-refractivity contribution < 1.29 is 19.0 Å². The summed E-state index contributed by atoms with van der Waals surface area (Å²) in [6.07, 6.45) is 6.75. The van der Waals surface area contributed by atoms with Gasteiger partial charge in [0, 0.05) is 0 Å². The number of carbonyl (C=O) groups is 1. The van der Waals surface area contributed by atoms with E-state index in [-0.39, 0.29) is 5.97 Å². The molecule has 0 saturated heterocycles. The quantitative estimate of drug-likeness (QED) is 0.259. The van der Waals surface area contributed by atoms with Gasteiger partial charge in [0.1, 0.15) is 17.2 Å². The second-order valence-corrected chi connectivity index (χ2v) is 6.50. The number of rotatable bonds is 12. The summed E-state index contributed by atoms with van der Waals surface area (Å²) in [5.41, 5.74) is 0.496. The summed E-state index contributed by atoms with van der Waals surface area (Å²) in [4.78, 5) is 12.3. The van der Waals surface area contributed by atoms with Crippen LogP contribution in [0.5, 0.6) is 17.2 Å². The van der Waals surface area contributed by atoms with Crippen molar-refractivity contribution in [2.24, 2.45) is 0 Å². The molecule has 0 amide bonds. The van der Waals surface area contributed by atoms with Crippen molar-refractivity contribution in [3.63, 3.8) is 0 Å². The van der Waals surface area contributed by atoms with Gasteiger partial charge in [-0.3, -0.25) is 0 Å². The molecule has 0 aromatic heterocycles. The molecule has 0 aliphatic rings. The van der Waals surface area contributed by atoms with Crippen molar-refractivity contribution >= 4 is 5.97 Å². The molecule has 4 nitrogen and oxygen atoms in total. The summed E-state index contributed by atoms with van der Waals surface area (Å²) in [6.45, 7) is 5.73. The van der Waals surface area contributed by atoms with Crippen LogP contribution < -0.4 is 14.2 Å². The molecule has 0 unspecified atom stereocenters. The van der Waals surface area contributed by atoms with Crippen LogP contribution in [0.25, 0.3) is 0 Å². The molecule has 0 fully saturated rings. The van der Waals surface area contributed by atoms with Crippen molar-refractivity contribution in [2.45, 2.75) is 52.4 Å². The lowest BCUT2D eigenvalue weighted by Crippen LogP contribution is -2.08. The Bertz CT molecular complexity index is 662. The van der Waals surface area contributed by atoms with Crippen molar-refractivity contribution in [3.8, 4) is 17.2 Å². The highest BCUT2D eigenvalue weighted by Gasteiger charge is 2.09. The first-order valence-electron chi connectivity index (χ1n) is 9.90. The van der Waals surface area contributed by atoms with Gasteiger partial charge in [-0.15, -0.1) is 0 Å². The van der Waals surface area contributed by atoms with Crippen LogP contribution in [-0.2, 0) is 0 Å². The van der Waals surface area contributed by atoms with E-state index >= 15 is 0 Å². The highest BCUT2D eigenvalue weighted by atomic mass is 16.5. The maximum Gasteiger partial charge on any atom is 0.343 e. The minimum atomic E-state index is -0.385. The van der Waals surface area contributed by atoms with Crippen LogP contribution in [-0.4, -0.2) is 19.2 Å². The molecule has 0 bridgehead atoms. The van der Waals surface area contributed by atoms with E-state index in [1.807, 2.05) is 12.1 Å². The van der Waals surface area contributed by atoms with E-state index in [1.54, 1.807) is 36.4 Å². The average Bonchev–Trinajstić information content (AvgIpc) is 2.70. The fourth-order valence-corrected chi connectivity index (χ4v) is 2.54. The maximum absolute atomic E-state index is 12.3. The fraction of sp³-hybridized carbons (Fsp3) is 0.435. The average molecular weight is 370 g/mol. The molecule has 0 N–H and O–H groups in total. The normalized spacial score (nSPS) is 10.4. The van der Waals surface area contributed by atoms with Crippen molar-refractivity contribution in [2.75, 3.05) is 13.2 Å². The zero-order valence-corrected chi connectivity index (χ0v) is 16.4. The van der Waals surface area contributed by atoms with Crippen LogP contribution in [0, 0.1) is 0 Å². The summed E-state index contributed by atoms with van der Waals surface area (Å²) in [5, 5.41) is 0. The van der Waals surface area contributed by atoms with E-state index in [9.17, 15) is 4.79 Å². The first-order chi connectivity index (χ1) is 13.2. The Kier molecular flexibility index (Phi) is 9.25. The van der Waals surface area contributed by atoms with Gasteiger partial charge < -0.3 is 14.2 Å². The summed E-state index contributed by atoms with van der Waals surface area (Å²) in [7, 11) is 0. The number of hydrogen-bond donors (Lipinski definition) is 0. The van der Waals surface area contributed by atoms with Crippen molar-refractivity contribution in [3.05, 3.63) is 54.1 Å². The number of carbonyl (C=O) groups excluding carboxylic acids is 1. The second-order valence-electron chi connectivity index (χ2n) is 6.50. The van der Waals surface area contributed by atoms with E-state index in [4.69, 9.17) is 14.2 Å². The Morgan fingerprint density at radius 2 is 1.11 bits per heavy atom. The molecule has 0 saturated carbocycles. The molecule has 0 radical (unpaired) electrons. The number of ether oxygens (including phenoxy) is 3. The molecule has 0 aliphatic heterocycles. The standard InChI is InChI=1S/C23H30O4/c1-3-5-7-17-25-20-11-9-19(10-12-20)23(24)27-22-15-13-21(14-16-22)26-18-8-6-4-2/h9-16H,3-8,17-18H2,1-2H3. The first-order valence-corrected chi connectivity index (χ1v) is 9.90. The lowest BCUT2D eigenvalue weighted by molar-refractivity contribution is 0.0734.